The molecule has 2 aromatic rings. The molecule has 1 N–H and O–H groups in total. The molecule has 0 aromatic heterocycles. The van der Waals surface area contributed by atoms with Crippen molar-refractivity contribution >= 4 is 15.7 Å². The van der Waals surface area contributed by atoms with E-state index in [0.29, 0.717) is 11.1 Å². The zero-order valence-electron chi connectivity index (χ0n) is 13.5. The highest BCUT2D eigenvalue weighted by atomic mass is 32.2. The maximum Gasteiger partial charge on any atom is 0.251 e. The predicted octanol–water partition coefficient (Wildman–Crippen LogP) is 2.67. The highest BCUT2D eigenvalue weighted by molar-refractivity contribution is 7.92. The molecule has 2 aromatic carbocycles. The molecule has 24 heavy (non-hydrogen) atoms. The Morgan fingerprint density at radius 3 is 2.42 bits per heavy atom. The lowest BCUT2D eigenvalue weighted by atomic mass is 10.1. The highest BCUT2D eigenvalue weighted by Gasteiger charge is 2.18. The van der Waals surface area contributed by atoms with Gasteiger partial charge in [-0.15, -0.1) is 0 Å². The predicted molar refractivity (Wildman–Crippen MR) is 91.1 cm³/mol. The molecule has 0 bridgehead atoms. The lowest BCUT2D eigenvalue weighted by molar-refractivity contribution is 0.0951. The first-order valence-corrected chi connectivity index (χ1v) is 9.00. The van der Waals surface area contributed by atoms with Crippen molar-refractivity contribution in [1.82, 2.24) is 5.32 Å². The number of nitrogens with zero attached hydrogens (tertiary/aromatic N) is 1. The van der Waals surface area contributed by atoms with Gasteiger partial charge in [0.25, 0.3) is 5.91 Å². The van der Waals surface area contributed by atoms with Crippen LogP contribution in [0.3, 0.4) is 0 Å². The first-order valence-electron chi connectivity index (χ1n) is 7.46. The first-order chi connectivity index (χ1) is 11.3. The summed E-state index contributed by atoms with van der Waals surface area (Å²) in [4.78, 5) is 12.4. The second kappa shape index (κ2) is 7.28. The van der Waals surface area contributed by atoms with Crippen LogP contribution in [-0.4, -0.2) is 19.6 Å². The zero-order valence-corrected chi connectivity index (χ0v) is 14.3. The molecule has 0 unspecified atom stereocenters. The summed E-state index contributed by atoms with van der Waals surface area (Å²) in [5, 5.41) is 11.1. The van der Waals surface area contributed by atoms with E-state index >= 15 is 0 Å². The molecular formula is C18H18N2O3S. The topological polar surface area (TPSA) is 87.0 Å². The molecule has 0 aliphatic carbocycles. The molecule has 0 fully saturated rings. The molecule has 0 radical (unpaired) electrons. The monoisotopic (exact) mass is 342 g/mol. The summed E-state index contributed by atoms with van der Waals surface area (Å²) in [5.41, 5.74) is 1.63. The van der Waals surface area contributed by atoms with E-state index in [0.717, 1.165) is 5.56 Å². The number of amides is 1. The Kier molecular flexibility index (Phi) is 5.37. The van der Waals surface area contributed by atoms with Crippen molar-refractivity contribution in [3.8, 4) is 6.07 Å². The molecule has 0 heterocycles. The Morgan fingerprint density at radius 1 is 1.17 bits per heavy atom. The first kappa shape index (κ1) is 17.7. The van der Waals surface area contributed by atoms with Gasteiger partial charge in [0.15, 0.2) is 9.84 Å². The van der Waals surface area contributed by atoms with Crippen LogP contribution in [-0.2, 0) is 16.4 Å². The Balaban J connectivity index is 2.05. The van der Waals surface area contributed by atoms with E-state index in [9.17, 15) is 13.2 Å². The quantitative estimate of drug-likeness (QED) is 0.905. The SMILES string of the molecule is CC(C)S(=O)(=O)c1ccc(CNC(=O)c2cccc(C#N)c2)cc1. The van der Waals surface area contributed by atoms with Gasteiger partial charge in [-0.2, -0.15) is 5.26 Å². The maximum absolute atomic E-state index is 12.1. The fourth-order valence-electron chi connectivity index (χ4n) is 2.08. The summed E-state index contributed by atoms with van der Waals surface area (Å²) in [7, 11) is -3.29. The summed E-state index contributed by atoms with van der Waals surface area (Å²) in [6.45, 7) is 3.55. The van der Waals surface area contributed by atoms with Gasteiger partial charge in [-0.1, -0.05) is 18.2 Å². The van der Waals surface area contributed by atoms with E-state index in [1.165, 1.54) is 6.07 Å². The standard InChI is InChI=1S/C18H18N2O3S/c1-13(2)24(22,23)17-8-6-14(7-9-17)12-20-18(21)16-5-3-4-15(10-16)11-19/h3-10,13H,12H2,1-2H3,(H,20,21). The normalized spacial score (nSPS) is 11.1. The van der Waals surface area contributed by atoms with Gasteiger partial charge in [-0.3, -0.25) is 4.79 Å². The van der Waals surface area contributed by atoms with E-state index in [2.05, 4.69) is 5.32 Å². The van der Waals surface area contributed by atoms with Gasteiger partial charge < -0.3 is 5.32 Å². The number of sulfone groups is 1. The molecule has 0 saturated carbocycles. The van der Waals surface area contributed by atoms with Crippen LogP contribution in [0.2, 0.25) is 0 Å². The van der Waals surface area contributed by atoms with Crippen molar-refractivity contribution < 1.29 is 13.2 Å². The minimum Gasteiger partial charge on any atom is -0.348 e. The number of hydrogen-bond donors (Lipinski definition) is 1. The van der Waals surface area contributed by atoms with Crippen LogP contribution < -0.4 is 5.32 Å². The van der Waals surface area contributed by atoms with Crippen LogP contribution in [0.4, 0.5) is 0 Å². The molecule has 5 nitrogen and oxygen atoms in total. The number of rotatable bonds is 5. The Hall–Kier alpha value is -2.65. The third-order valence-electron chi connectivity index (χ3n) is 3.58. The Morgan fingerprint density at radius 2 is 1.83 bits per heavy atom. The minimum absolute atomic E-state index is 0.272. The molecule has 0 atom stereocenters. The van der Waals surface area contributed by atoms with Crippen molar-refractivity contribution in [1.29, 1.82) is 5.26 Å². The summed E-state index contributed by atoms with van der Waals surface area (Å²) in [6.07, 6.45) is 0. The van der Waals surface area contributed by atoms with E-state index in [1.54, 1.807) is 56.3 Å². The number of nitriles is 1. The molecule has 124 valence electrons. The van der Waals surface area contributed by atoms with E-state index in [4.69, 9.17) is 5.26 Å². The van der Waals surface area contributed by atoms with Crippen LogP contribution in [0.5, 0.6) is 0 Å². The van der Waals surface area contributed by atoms with Crippen LogP contribution >= 0.6 is 0 Å². The largest absolute Gasteiger partial charge is 0.348 e. The second-order valence-electron chi connectivity index (χ2n) is 5.61. The van der Waals surface area contributed by atoms with E-state index < -0.39 is 15.1 Å². The highest BCUT2D eigenvalue weighted by Crippen LogP contribution is 2.16. The summed E-state index contributed by atoms with van der Waals surface area (Å²) in [5.74, 6) is -0.286. The molecule has 6 heteroatoms. The smallest absolute Gasteiger partial charge is 0.251 e. The fraction of sp³-hybridized carbons (Fsp3) is 0.222. The van der Waals surface area contributed by atoms with Crippen LogP contribution in [0.15, 0.2) is 53.4 Å². The fourth-order valence-corrected chi connectivity index (χ4v) is 3.14. The van der Waals surface area contributed by atoms with Gasteiger partial charge in [0.1, 0.15) is 0 Å². The molecule has 0 aliphatic rings. The van der Waals surface area contributed by atoms with Gasteiger partial charge in [-0.25, -0.2) is 8.42 Å². The van der Waals surface area contributed by atoms with E-state index in [1.807, 2.05) is 6.07 Å². The van der Waals surface area contributed by atoms with Gasteiger partial charge >= 0.3 is 0 Å². The lowest BCUT2D eigenvalue weighted by Gasteiger charge is -2.09. The van der Waals surface area contributed by atoms with Crippen LogP contribution in [0, 0.1) is 11.3 Å². The Labute approximate surface area is 141 Å². The van der Waals surface area contributed by atoms with Gasteiger partial charge in [0.05, 0.1) is 21.8 Å². The van der Waals surface area contributed by atoms with Crippen molar-refractivity contribution in [2.24, 2.45) is 0 Å². The van der Waals surface area contributed by atoms with Crippen molar-refractivity contribution in [3.63, 3.8) is 0 Å². The van der Waals surface area contributed by atoms with Crippen LogP contribution in [0.25, 0.3) is 0 Å². The zero-order chi connectivity index (χ0) is 17.7. The molecular weight excluding hydrogens is 324 g/mol. The average Bonchev–Trinajstić information content (AvgIpc) is 2.59. The molecule has 0 spiro atoms. The summed E-state index contributed by atoms with van der Waals surface area (Å²) in [6, 6.07) is 14.9. The number of carbonyl (C=O) groups is 1. The summed E-state index contributed by atoms with van der Waals surface area (Å²) < 4.78 is 24.1. The van der Waals surface area contributed by atoms with Gasteiger partial charge in [0, 0.05) is 12.1 Å². The second-order valence-corrected chi connectivity index (χ2v) is 8.12. The number of benzene rings is 2. The third-order valence-corrected chi connectivity index (χ3v) is 5.75. The average molecular weight is 342 g/mol. The van der Waals surface area contributed by atoms with E-state index in [-0.39, 0.29) is 17.3 Å². The number of carbonyl (C=O) groups excluding carboxylic acids is 1. The lowest BCUT2D eigenvalue weighted by Crippen LogP contribution is -2.22. The third kappa shape index (κ3) is 4.00. The minimum atomic E-state index is -3.29. The molecule has 2 rings (SSSR count). The van der Waals surface area contributed by atoms with Crippen molar-refractivity contribution in [3.05, 3.63) is 65.2 Å². The van der Waals surface area contributed by atoms with Gasteiger partial charge in [0.2, 0.25) is 0 Å². The maximum atomic E-state index is 12.1. The summed E-state index contributed by atoms with van der Waals surface area (Å²) >= 11 is 0. The van der Waals surface area contributed by atoms with Gasteiger partial charge in [-0.05, 0) is 49.7 Å². The van der Waals surface area contributed by atoms with Crippen molar-refractivity contribution in [2.75, 3.05) is 0 Å². The van der Waals surface area contributed by atoms with Crippen LogP contribution in [0.1, 0.15) is 35.3 Å². The number of hydrogen-bond acceptors (Lipinski definition) is 4. The molecule has 0 aliphatic heterocycles. The Bertz CT molecular complexity index is 879. The molecule has 0 saturated heterocycles. The number of nitrogens with one attached hydrogen (secondary N) is 1. The molecule has 1 amide bonds. The van der Waals surface area contributed by atoms with Crippen molar-refractivity contribution in [2.45, 2.75) is 30.5 Å².